The summed E-state index contributed by atoms with van der Waals surface area (Å²) in [6.07, 6.45) is 8.04. The van der Waals surface area contributed by atoms with Gasteiger partial charge in [-0.1, -0.05) is 12.8 Å². The molecule has 0 unspecified atom stereocenters. The summed E-state index contributed by atoms with van der Waals surface area (Å²) in [6.45, 7) is 1.15. The van der Waals surface area contributed by atoms with Crippen molar-refractivity contribution in [3.8, 4) is 0 Å². The van der Waals surface area contributed by atoms with E-state index in [0.29, 0.717) is 0 Å². The lowest BCUT2D eigenvalue weighted by atomic mass is 9.99. The summed E-state index contributed by atoms with van der Waals surface area (Å²) in [7, 11) is 4.28. The van der Waals surface area contributed by atoms with Crippen LogP contribution in [0.1, 0.15) is 25.7 Å². The van der Waals surface area contributed by atoms with E-state index in [9.17, 15) is 0 Å². The molecule has 0 atom stereocenters. The predicted molar refractivity (Wildman–Crippen MR) is 50.4 cm³/mol. The molecule has 1 heterocycles. The van der Waals surface area contributed by atoms with Gasteiger partial charge in [-0.2, -0.15) is 0 Å². The highest BCUT2D eigenvalue weighted by atomic mass is 15.6. The van der Waals surface area contributed by atoms with Crippen LogP contribution in [0.3, 0.4) is 0 Å². The van der Waals surface area contributed by atoms with Gasteiger partial charge in [-0.25, -0.2) is 5.01 Å². The molecule has 0 N–H and O–H groups in total. The smallest absolute Gasteiger partial charge is 0.0408 e. The van der Waals surface area contributed by atoms with Gasteiger partial charge in [0.1, 0.15) is 0 Å². The Kier molecular flexibility index (Phi) is 2.09. The molecule has 2 rings (SSSR count). The molecule has 1 fully saturated rings. The Morgan fingerprint density at radius 2 is 1.92 bits per heavy atom. The molecule has 1 aliphatic heterocycles. The van der Waals surface area contributed by atoms with Gasteiger partial charge >= 0.3 is 0 Å². The second-order valence-corrected chi connectivity index (χ2v) is 4.07. The second-order valence-electron chi connectivity index (χ2n) is 4.07. The first-order valence-corrected chi connectivity index (χ1v) is 4.92. The zero-order valence-corrected chi connectivity index (χ0v) is 8.08. The van der Waals surface area contributed by atoms with Crippen LogP contribution in [-0.2, 0) is 0 Å². The fraction of sp³-hybridized carbons (Fsp3) is 0.800. The molecule has 2 aliphatic rings. The lowest BCUT2D eigenvalue weighted by molar-refractivity contribution is 0.115. The van der Waals surface area contributed by atoms with Crippen LogP contribution in [-0.4, -0.2) is 30.7 Å². The van der Waals surface area contributed by atoms with E-state index in [0.717, 1.165) is 12.5 Å². The van der Waals surface area contributed by atoms with E-state index in [-0.39, 0.29) is 0 Å². The largest absolute Gasteiger partial charge is 0.316 e. The van der Waals surface area contributed by atoms with E-state index in [1.807, 2.05) is 0 Å². The summed E-state index contributed by atoms with van der Waals surface area (Å²) >= 11 is 0. The van der Waals surface area contributed by atoms with Crippen LogP contribution < -0.4 is 0 Å². The number of hydrogen-bond acceptors (Lipinski definition) is 2. The molecule has 2 heteroatoms. The van der Waals surface area contributed by atoms with Crippen LogP contribution in [0, 0.1) is 5.92 Å². The van der Waals surface area contributed by atoms with Gasteiger partial charge in [0.05, 0.1) is 0 Å². The molecule has 2 nitrogen and oxygen atoms in total. The zero-order valence-electron chi connectivity index (χ0n) is 8.08. The van der Waals surface area contributed by atoms with Crippen molar-refractivity contribution in [3.63, 3.8) is 0 Å². The van der Waals surface area contributed by atoms with Gasteiger partial charge in [0.2, 0.25) is 0 Å². The molecule has 1 aliphatic carbocycles. The molecule has 0 aromatic heterocycles. The highest BCUT2D eigenvalue weighted by molar-refractivity contribution is 5.12. The van der Waals surface area contributed by atoms with Gasteiger partial charge in [0, 0.05) is 26.8 Å². The van der Waals surface area contributed by atoms with Crippen molar-refractivity contribution < 1.29 is 0 Å². The number of hydrazine groups is 1. The first-order valence-electron chi connectivity index (χ1n) is 4.92. The summed E-state index contributed by atoms with van der Waals surface area (Å²) in [5.41, 5.74) is 1.65. The molecule has 0 spiro atoms. The minimum absolute atomic E-state index is 0.900. The van der Waals surface area contributed by atoms with E-state index >= 15 is 0 Å². The summed E-state index contributed by atoms with van der Waals surface area (Å²) < 4.78 is 0. The van der Waals surface area contributed by atoms with Crippen LogP contribution in [0.4, 0.5) is 0 Å². The van der Waals surface area contributed by atoms with Crippen LogP contribution in [0.25, 0.3) is 0 Å². The number of rotatable bonds is 1. The molecule has 68 valence electrons. The quantitative estimate of drug-likeness (QED) is 0.586. The van der Waals surface area contributed by atoms with Crippen molar-refractivity contribution in [3.05, 3.63) is 11.8 Å². The second kappa shape index (κ2) is 3.09. The predicted octanol–water partition coefficient (Wildman–Crippen LogP) is 1.85. The van der Waals surface area contributed by atoms with Crippen LogP contribution in [0.5, 0.6) is 0 Å². The Morgan fingerprint density at radius 1 is 1.25 bits per heavy atom. The van der Waals surface area contributed by atoms with Crippen molar-refractivity contribution in [2.45, 2.75) is 25.7 Å². The van der Waals surface area contributed by atoms with Gasteiger partial charge in [0.25, 0.3) is 0 Å². The normalized spacial score (nSPS) is 26.8. The van der Waals surface area contributed by atoms with Crippen molar-refractivity contribution in [2.24, 2.45) is 5.92 Å². The Labute approximate surface area is 74.8 Å². The molecule has 0 radical (unpaired) electrons. The zero-order chi connectivity index (χ0) is 8.55. The molecule has 0 saturated heterocycles. The van der Waals surface area contributed by atoms with Crippen molar-refractivity contribution in [1.82, 2.24) is 10.0 Å². The Hall–Kier alpha value is -0.500. The average molecular weight is 166 g/mol. The van der Waals surface area contributed by atoms with Crippen LogP contribution in [0.2, 0.25) is 0 Å². The third-order valence-corrected chi connectivity index (χ3v) is 3.18. The van der Waals surface area contributed by atoms with Crippen molar-refractivity contribution >= 4 is 0 Å². The van der Waals surface area contributed by atoms with Crippen molar-refractivity contribution in [1.29, 1.82) is 0 Å². The van der Waals surface area contributed by atoms with Crippen molar-refractivity contribution in [2.75, 3.05) is 20.6 Å². The first-order chi connectivity index (χ1) is 5.77. The van der Waals surface area contributed by atoms with Gasteiger partial charge in [-0.3, -0.25) is 0 Å². The monoisotopic (exact) mass is 166 g/mol. The third-order valence-electron chi connectivity index (χ3n) is 3.18. The van der Waals surface area contributed by atoms with E-state index < -0.39 is 0 Å². The van der Waals surface area contributed by atoms with E-state index in [2.05, 4.69) is 30.3 Å². The lowest BCUT2D eigenvalue weighted by Gasteiger charge is -2.19. The molecule has 12 heavy (non-hydrogen) atoms. The average Bonchev–Trinajstić information content (AvgIpc) is 2.61. The molecule has 0 aromatic carbocycles. The van der Waals surface area contributed by atoms with Gasteiger partial charge in [-0.05, 0) is 24.3 Å². The number of nitrogens with zero attached hydrogens (tertiary/aromatic N) is 2. The maximum absolute atomic E-state index is 2.32. The number of likely N-dealkylation sites (N-methyl/N-ethyl adjacent to an activating group) is 1. The lowest BCUT2D eigenvalue weighted by Crippen LogP contribution is -2.27. The Morgan fingerprint density at radius 3 is 2.42 bits per heavy atom. The van der Waals surface area contributed by atoms with Crippen LogP contribution in [0.15, 0.2) is 11.8 Å². The topological polar surface area (TPSA) is 6.48 Å². The summed E-state index contributed by atoms with van der Waals surface area (Å²) in [5, 5.41) is 4.47. The van der Waals surface area contributed by atoms with Crippen LogP contribution >= 0.6 is 0 Å². The number of hydrogen-bond donors (Lipinski definition) is 0. The highest BCUT2D eigenvalue weighted by Crippen LogP contribution is 2.33. The first kappa shape index (κ1) is 8.11. The van der Waals surface area contributed by atoms with Gasteiger partial charge < -0.3 is 5.01 Å². The minimum atomic E-state index is 0.900. The van der Waals surface area contributed by atoms with Gasteiger partial charge in [-0.15, -0.1) is 0 Å². The fourth-order valence-electron chi connectivity index (χ4n) is 2.29. The highest BCUT2D eigenvalue weighted by Gasteiger charge is 2.24. The Balaban J connectivity index is 2.00. The minimum Gasteiger partial charge on any atom is -0.316 e. The van der Waals surface area contributed by atoms with E-state index in [1.165, 1.54) is 25.7 Å². The van der Waals surface area contributed by atoms with E-state index in [4.69, 9.17) is 0 Å². The van der Waals surface area contributed by atoms with Gasteiger partial charge in [0.15, 0.2) is 0 Å². The molecule has 0 aromatic rings. The SMILES string of the molecule is CN1C=C(C2CCCC2)CN1C. The maximum atomic E-state index is 2.32. The molecule has 0 amide bonds. The maximum Gasteiger partial charge on any atom is 0.0408 e. The third kappa shape index (κ3) is 1.36. The van der Waals surface area contributed by atoms with E-state index in [1.54, 1.807) is 5.57 Å². The molecule has 1 saturated carbocycles. The molecular weight excluding hydrogens is 148 g/mol. The fourth-order valence-corrected chi connectivity index (χ4v) is 2.29. The summed E-state index contributed by atoms with van der Waals surface area (Å²) in [5.74, 6) is 0.900. The Bertz CT molecular complexity index is 192. The summed E-state index contributed by atoms with van der Waals surface area (Å²) in [6, 6.07) is 0. The standard InChI is InChI=1S/C10H18N2/c1-11-7-10(8-12(11)2)9-5-3-4-6-9/h7,9H,3-6,8H2,1-2H3. The summed E-state index contributed by atoms with van der Waals surface area (Å²) in [4.78, 5) is 0. The molecule has 0 bridgehead atoms. The molecular formula is C10H18N2.